The Bertz CT molecular complexity index is 567. The zero-order chi connectivity index (χ0) is 16.4. The van der Waals surface area contributed by atoms with Crippen LogP contribution in [0.1, 0.15) is 31.9 Å². The molecule has 0 aromatic heterocycles. The fraction of sp³-hybridized carbons (Fsp3) is 0.588. The molecule has 3 N–H and O–H groups in total. The first kappa shape index (κ1) is 16.2. The second kappa shape index (κ2) is 6.47. The summed E-state index contributed by atoms with van der Waals surface area (Å²) in [6, 6.07) is 8.27. The number of rotatable bonds is 3. The number of amides is 1. The van der Waals surface area contributed by atoms with Crippen molar-refractivity contribution in [3.05, 3.63) is 29.8 Å². The van der Waals surface area contributed by atoms with E-state index < -0.39 is 5.54 Å². The average molecular weight is 318 g/mol. The molecule has 126 valence electrons. The highest BCUT2D eigenvalue weighted by Gasteiger charge is 2.39. The number of nitrogens with zero attached hydrogens (tertiary/aromatic N) is 1. The topological polar surface area (TPSA) is 65.6 Å². The van der Waals surface area contributed by atoms with E-state index in [9.17, 15) is 4.79 Å². The summed E-state index contributed by atoms with van der Waals surface area (Å²) in [5, 5.41) is 8.43. The number of para-hydroxylation sites is 1. The number of ether oxygens (including phenoxy) is 1. The first-order valence-electron chi connectivity index (χ1n) is 8.22. The molecule has 2 aliphatic rings. The van der Waals surface area contributed by atoms with Gasteiger partial charge in [-0.15, -0.1) is 0 Å². The predicted molar refractivity (Wildman–Crippen MR) is 90.2 cm³/mol. The van der Waals surface area contributed by atoms with Crippen LogP contribution in [0, 0.1) is 0 Å². The van der Waals surface area contributed by atoms with Crippen LogP contribution in [0.5, 0.6) is 0 Å². The Balaban J connectivity index is 1.73. The first-order valence-corrected chi connectivity index (χ1v) is 8.22. The van der Waals surface area contributed by atoms with Crippen LogP contribution in [0.25, 0.3) is 0 Å². The standard InChI is InChI=1S/C17H26N4O2/c1-17(2,19-16(22)14-8-9-18-10-11-23-14)15-12-6-4-5-7-13(12)21(3)20-15/h4-7,14-15,18,20H,8-11H2,1-3H3,(H,19,22). The van der Waals surface area contributed by atoms with Crippen molar-refractivity contribution >= 4 is 11.6 Å². The summed E-state index contributed by atoms with van der Waals surface area (Å²) in [5.41, 5.74) is 5.36. The molecule has 0 aliphatic carbocycles. The van der Waals surface area contributed by atoms with Gasteiger partial charge in [-0.1, -0.05) is 18.2 Å². The molecular formula is C17H26N4O2. The van der Waals surface area contributed by atoms with Crippen LogP contribution in [0.2, 0.25) is 0 Å². The lowest BCUT2D eigenvalue weighted by Crippen LogP contribution is -2.55. The quantitative estimate of drug-likeness (QED) is 0.774. The van der Waals surface area contributed by atoms with Gasteiger partial charge in [0.05, 0.1) is 23.9 Å². The van der Waals surface area contributed by atoms with Gasteiger partial charge in [0, 0.05) is 13.6 Å². The Morgan fingerprint density at radius 1 is 1.35 bits per heavy atom. The van der Waals surface area contributed by atoms with E-state index in [1.807, 2.05) is 38.0 Å². The second-order valence-corrected chi connectivity index (χ2v) is 6.79. The Kier molecular flexibility index (Phi) is 4.57. The maximum atomic E-state index is 12.6. The number of carbonyl (C=O) groups is 1. The highest BCUT2D eigenvalue weighted by Crippen LogP contribution is 2.37. The molecule has 1 saturated heterocycles. The third kappa shape index (κ3) is 3.34. The van der Waals surface area contributed by atoms with Crippen molar-refractivity contribution in [3.63, 3.8) is 0 Å². The molecule has 1 aromatic rings. The Morgan fingerprint density at radius 2 is 2.13 bits per heavy atom. The molecular weight excluding hydrogens is 292 g/mol. The van der Waals surface area contributed by atoms with E-state index >= 15 is 0 Å². The van der Waals surface area contributed by atoms with Gasteiger partial charge in [-0.25, -0.2) is 5.43 Å². The van der Waals surface area contributed by atoms with Gasteiger partial charge in [0.25, 0.3) is 0 Å². The van der Waals surface area contributed by atoms with E-state index in [0.717, 1.165) is 18.8 Å². The molecule has 2 atom stereocenters. The van der Waals surface area contributed by atoms with Gasteiger partial charge in [-0.05, 0) is 38.4 Å². The number of benzene rings is 1. The van der Waals surface area contributed by atoms with Gasteiger partial charge < -0.3 is 20.4 Å². The summed E-state index contributed by atoms with van der Waals surface area (Å²) in [4.78, 5) is 12.6. The van der Waals surface area contributed by atoms with Crippen LogP contribution in [0.3, 0.4) is 0 Å². The zero-order valence-electron chi connectivity index (χ0n) is 14.1. The van der Waals surface area contributed by atoms with E-state index in [2.05, 4.69) is 28.2 Å². The zero-order valence-corrected chi connectivity index (χ0v) is 14.1. The summed E-state index contributed by atoms with van der Waals surface area (Å²) < 4.78 is 5.66. The van der Waals surface area contributed by atoms with Gasteiger partial charge in [0.15, 0.2) is 0 Å². The lowest BCUT2D eigenvalue weighted by Gasteiger charge is -2.34. The summed E-state index contributed by atoms with van der Waals surface area (Å²) in [6.07, 6.45) is 0.329. The molecule has 2 unspecified atom stereocenters. The van der Waals surface area contributed by atoms with Gasteiger partial charge >= 0.3 is 0 Å². The number of fused-ring (bicyclic) bond motifs is 1. The summed E-state index contributed by atoms with van der Waals surface area (Å²) in [6.45, 7) is 6.29. The van der Waals surface area contributed by atoms with Gasteiger partial charge in [0.2, 0.25) is 5.91 Å². The Labute approximate surface area is 137 Å². The van der Waals surface area contributed by atoms with Crippen molar-refractivity contribution in [2.24, 2.45) is 0 Å². The molecule has 1 amide bonds. The Morgan fingerprint density at radius 3 is 2.96 bits per heavy atom. The molecule has 1 aromatic carbocycles. The molecule has 0 spiro atoms. The maximum Gasteiger partial charge on any atom is 0.249 e. The van der Waals surface area contributed by atoms with Gasteiger partial charge in [-0.2, -0.15) is 0 Å². The number of hydrogen-bond acceptors (Lipinski definition) is 5. The third-order valence-electron chi connectivity index (χ3n) is 4.57. The predicted octanol–water partition coefficient (Wildman–Crippen LogP) is 0.955. The van der Waals surface area contributed by atoms with Gasteiger partial charge in [-0.3, -0.25) is 4.79 Å². The molecule has 2 heterocycles. The molecule has 2 aliphatic heterocycles. The minimum absolute atomic E-state index is 0.0246. The second-order valence-electron chi connectivity index (χ2n) is 6.79. The molecule has 1 fully saturated rings. The normalized spacial score (nSPS) is 24.9. The number of nitrogens with one attached hydrogen (secondary N) is 3. The largest absolute Gasteiger partial charge is 0.367 e. The summed E-state index contributed by atoms with van der Waals surface area (Å²) in [5.74, 6) is -0.0347. The van der Waals surface area contributed by atoms with Crippen LogP contribution < -0.4 is 21.1 Å². The first-order chi connectivity index (χ1) is 11.0. The minimum atomic E-state index is -0.430. The van der Waals surface area contributed by atoms with Crippen LogP contribution >= 0.6 is 0 Å². The minimum Gasteiger partial charge on any atom is -0.367 e. The maximum absolute atomic E-state index is 12.6. The van der Waals surface area contributed by atoms with Gasteiger partial charge in [0.1, 0.15) is 6.10 Å². The van der Waals surface area contributed by atoms with Crippen molar-refractivity contribution in [1.82, 2.24) is 16.1 Å². The van der Waals surface area contributed by atoms with E-state index in [0.29, 0.717) is 13.0 Å². The van der Waals surface area contributed by atoms with E-state index in [1.54, 1.807) is 0 Å². The average Bonchev–Trinajstić information content (AvgIpc) is 2.72. The van der Waals surface area contributed by atoms with E-state index in [4.69, 9.17) is 4.74 Å². The molecule has 0 radical (unpaired) electrons. The number of anilines is 1. The molecule has 0 bridgehead atoms. The lowest BCUT2D eigenvalue weighted by molar-refractivity contribution is -0.134. The van der Waals surface area contributed by atoms with Crippen molar-refractivity contribution < 1.29 is 9.53 Å². The smallest absolute Gasteiger partial charge is 0.249 e. The van der Waals surface area contributed by atoms with Crippen LogP contribution in [0.15, 0.2) is 24.3 Å². The SMILES string of the molecule is CN1NC(C(C)(C)NC(=O)C2CCNCCO2)c2ccccc21. The van der Waals surface area contributed by atoms with Crippen molar-refractivity contribution in [2.75, 3.05) is 31.8 Å². The summed E-state index contributed by atoms with van der Waals surface area (Å²) in [7, 11) is 2.00. The fourth-order valence-corrected chi connectivity index (χ4v) is 3.31. The number of hydrazine groups is 1. The van der Waals surface area contributed by atoms with Crippen molar-refractivity contribution in [1.29, 1.82) is 0 Å². The molecule has 3 rings (SSSR count). The van der Waals surface area contributed by atoms with Crippen LogP contribution in [-0.4, -0.2) is 44.3 Å². The van der Waals surface area contributed by atoms with Crippen LogP contribution in [0.4, 0.5) is 5.69 Å². The lowest BCUT2D eigenvalue weighted by atomic mass is 9.89. The molecule has 0 saturated carbocycles. The van der Waals surface area contributed by atoms with Crippen LogP contribution in [-0.2, 0) is 9.53 Å². The molecule has 23 heavy (non-hydrogen) atoms. The molecule has 6 nitrogen and oxygen atoms in total. The number of hydrogen-bond donors (Lipinski definition) is 3. The monoisotopic (exact) mass is 318 g/mol. The number of carbonyl (C=O) groups excluding carboxylic acids is 1. The highest BCUT2D eigenvalue weighted by molar-refractivity contribution is 5.81. The van der Waals surface area contributed by atoms with Crippen molar-refractivity contribution in [3.8, 4) is 0 Å². The Hall–Kier alpha value is -1.63. The molecule has 6 heteroatoms. The fourth-order valence-electron chi connectivity index (χ4n) is 3.31. The third-order valence-corrected chi connectivity index (χ3v) is 4.57. The summed E-state index contributed by atoms with van der Waals surface area (Å²) >= 11 is 0. The van der Waals surface area contributed by atoms with Crippen molar-refractivity contribution in [2.45, 2.75) is 38.0 Å². The van der Waals surface area contributed by atoms with E-state index in [-0.39, 0.29) is 18.1 Å². The van der Waals surface area contributed by atoms with E-state index in [1.165, 1.54) is 5.56 Å². The highest BCUT2D eigenvalue weighted by atomic mass is 16.5.